The SMILES string of the molecule is C=CC[C@@H](O)c1ccc(F)c(Cl)c1. The fraction of sp³-hybridized carbons (Fsp3) is 0.200. The first-order valence-electron chi connectivity index (χ1n) is 3.89. The molecule has 1 atom stereocenters. The molecule has 0 fully saturated rings. The second-order valence-electron chi connectivity index (χ2n) is 2.71. The average molecular weight is 201 g/mol. The van der Waals surface area contributed by atoms with Gasteiger partial charge in [-0.1, -0.05) is 23.7 Å². The van der Waals surface area contributed by atoms with E-state index in [0.717, 1.165) is 0 Å². The first kappa shape index (κ1) is 10.2. The molecule has 0 saturated heterocycles. The van der Waals surface area contributed by atoms with Crippen LogP contribution in [0.4, 0.5) is 4.39 Å². The van der Waals surface area contributed by atoms with Crippen molar-refractivity contribution in [2.45, 2.75) is 12.5 Å². The maximum atomic E-state index is 12.7. The topological polar surface area (TPSA) is 20.2 Å². The molecule has 1 aromatic rings. The lowest BCUT2D eigenvalue weighted by molar-refractivity contribution is 0.181. The molecular formula is C10H10ClFO. The minimum atomic E-state index is -0.657. The van der Waals surface area contributed by atoms with Crippen molar-refractivity contribution in [3.63, 3.8) is 0 Å². The van der Waals surface area contributed by atoms with Crippen molar-refractivity contribution < 1.29 is 9.50 Å². The highest BCUT2D eigenvalue weighted by Crippen LogP contribution is 2.22. The monoisotopic (exact) mass is 200 g/mol. The number of aliphatic hydroxyl groups is 1. The summed E-state index contributed by atoms with van der Waals surface area (Å²) in [6.45, 7) is 3.50. The third kappa shape index (κ3) is 2.54. The molecule has 1 aromatic carbocycles. The van der Waals surface area contributed by atoms with Crippen LogP contribution in [0.1, 0.15) is 18.1 Å². The Morgan fingerprint density at radius 1 is 1.62 bits per heavy atom. The molecular weight excluding hydrogens is 191 g/mol. The van der Waals surface area contributed by atoms with Gasteiger partial charge in [0.15, 0.2) is 0 Å². The lowest BCUT2D eigenvalue weighted by Crippen LogP contribution is -1.95. The van der Waals surface area contributed by atoms with E-state index in [1.807, 2.05) is 0 Å². The van der Waals surface area contributed by atoms with E-state index in [-0.39, 0.29) is 5.02 Å². The van der Waals surface area contributed by atoms with Gasteiger partial charge in [0.1, 0.15) is 5.82 Å². The third-order valence-corrected chi connectivity index (χ3v) is 2.01. The summed E-state index contributed by atoms with van der Waals surface area (Å²) < 4.78 is 12.7. The molecule has 0 amide bonds. The number of benzene rings is 1. The van der Waals surface area contributed by atoms with Crippen molar-refractivity contribution in [3.05, 3.63) is 47.3 Å². The highest BCUT2D eigenvalue weighted by molar-refractivity contribution is 6.30. The third-order valence-electron chi connectivity index (χ3n) is 1.72. The molecule has 0 aliphatic heterocycles. The molecule has 0 spiro atoms. The fourth-order valence-electron chi connectivity index (χ4n) is 1.01. The van der Waals surface area contributed by atoms with Gasteiger partial charge in [-0.15, -0.1) is 6.58 Å². The van der Waals surface area contributed by atoms with Crippen LogP contribution in [0.2, 0.25) is 5.02 Å². The zero-order chi connectivity index (χ0) is 9.84. The quantitative estimate of drug-likeness (QED) is 0.744. The second kappa shape index (κ2) is 4.40. The molecule has 1 N–H and O–H groups in total. The maximum Gasteiger partial charge on any atom is 0.141 e. The van der Waals surface area contributed by atoms with Crippen molar-refractivity contribution in [1.82, 2.24) is 0 Å². The van der Waals surface area contributed by atoms with Gasteiger partial charge in [-0.3, -0.25) is 0 Å². The Morgan fingerprint density at radius 2 is 2.31 bits per heavy atom. The van der Waals surface area contributed by atoms with E-state index in [9.17, 15) is 9.50 Å². The zero-order valence-corrected chi connectivity index (χ0v) is 7.76. The van der Waals surface area contributed by atoms with E-state index in [1.165, 1.54) is 18.2 Å². The van der Waals surface area contributed by atoms with Gasteiger partial charge in [0.25, 0.3) is 0 Å². The molecule has 13 heavy (non-hydrogen) atoms. The molecule has 70 valence electrons. The van der Waals surface area contributed by atoms with Crippen LogP contribution in [0.3, 0.4) is 0 Å². The summed E-state index contributed by atoms with van der Waals surface area (Å²) >= 11 is 5.55. The van der Waals surface area contributed by atoms with Crippen LogP contribution in [0.15, 0.2) is 30.9 Å². The van der Waals surface area contributed by atoms with Gasteiger partial charge in [-0.05, 0) is 24.1 Å². The Kier molecular flexibility index (Phi) is 3.46. The van der Waals surface area contributed by atoms with Gasteiger partial charge in [-0.2, -0.15) is 0 Å². The summed E-state index contributed by atoms with van der Waals surface area (Å²) in [5.74, 6) is -0.476. The van der Waals surface area contributed by atoms with E-state index in [4.69, 9.17) is 11.6 Å². The lowest BCUT2D eigenvalue weighted by atomic mass is 10.1. The Labute approximate surface area is 81.5 Å². The predicted molar refractivity (Wildman–Crippen MR) is 51.2 cm³/mol. The van der Waals surface area contributed by atoms with Gasteiger partial charge >= 0.3 is 0 Å². The minimum Gasteiger partial charge on any atom is -0.388 e. The van der Waals surface area contributed by atoms with Crippen molar-refractivity contribution in [1.29, 1.82) is 0 Å². The summed E-state index contributed by atoms with van der Waals surface area (Å²) in [5, 5.41) is 9.51. The molecule has 0 aromatic heterocycles. The van der Waals surface area contributed by atoms with E-state index >= 15 is 0 Å². The summed E-state index contributed by atoms with van der Waals surface area (Å²) in [6, 6.07) is 4.17. The Hall–Kier alpha value is -0.860. The molecule has 0 aliphatic rings. The summed E-state index contributed by atoms with van der Waals surface area (Å²) in [7, 11) is 0. The predicted octanol–water partition coefficient (Wildman–Crippen LogP) is 3.09. The second-order valence-corrected chi connectivity index (χ2v) is 3.12. The Bertz CT molecular complexity index is 312. The maximum absolute atomic E-state index is 12.7. The number of aliphatic hydroxyl groups excluding tert-OH is 1. The molecule has 0 radical (unpaired) electrons. The Morgan fingerprint density at radius 3 is 2.85 bits per heavy atom. The van der Waals surface area contributed by atoms with Crippen molar-refractivity contribution >= 4 is 11.6 Å². The van der Waals surface area contributed by atoms with Crippen LogP contribution in [0.25, 0.3) is 0 Å². The molecule has 3 heteroatoms. The number of hydrogen-bond acceptors (Lipinski definition) is 1. The number of rotatable bonds is 3. The van der Waals surface area contributed by atoms with Crippen molar-refractivity contribution in [2.24, 2.45) is 0 Å². The highest BCUT2D eigenvalue weighted by Gasteiger charge is 2.07. The summed E-state index contributed by atoms with van der Waals surface area (Å²) in [5.41, 5.74) is 0.603. The molecule has 1 nitrogen and oxygen atoms in total. The minimum absolute atomic E-state index is 0.0283. The molecule has 0 bridgehead atoms. The largest absolute Gasteiger partial charge is 0.388 e. The van der Waals surface area contributed by atoms with Gasteiger partial charge < -0.3 is 5.11 Å². The van der Waals surface area contributed by atoms with Crippen molar-refractivity contribution in [3.8, 4) is 0 Å². The van der Waals surface area contributed by atoms with E-state index in [2.05, 4.69) is 6.58 Å². The van der Waals surface area contributed by atoms with Crippen LogP contribution < -0.4 is 0 Å². The van der Waals surface area contributed by atoms with Gasteiger partial charge in [0, 0.05) is 0 Å². The van der Waals surface area contributed by atoms with E-state index in [0.29, 0.717) is 12.0 Å². The first-order valence-corrected chi connectivity index (χ1v) is 4.27. The van der Waals surface area contributed by atoms with Gasteiger partial charge in [0.2, 0.25) is 0 Å². The Balaban J connectivity index is 2.89. The lowest BCUT2D eigenvalue weighted by Gasteiger charge is -2.08. The van der Waals surface area contributed by atoms with Gasteiger partial charge in [-0.25, -0.2) is 4.39 Å². The van der Waals surface area contributed by atoms with Crippen molar-refractivity contribution in [2.75, 3.05) is 0 Å². The van der Waals surface area contributed by atoms with E-state index in [1.54, 1.807) is 6.08 Å². The fourth-order valence-corrected chi connectivity index (χ4v) is 1.20. The standard InChI is InChI=1S/C10H10ClFO/c1-2-3-10(13)7-4-5-9(12)8(11)6-7/h2,4-6,10,13H,1,3H2/t10-/m1/s1. The van der Waals surface area contributed by atoms with Gasteiger partial charge in [0.05, 0.1) is 11.1 Å². The number of halogens is 2. The molecule has 0 saturated carbocycles. The van der Waals surface area contributed by atoms with Crippen LogP contribution in [-0.4, -0.2) is 5.11 Å². The molecule has 1 rings (SSSR count). The molecule has 0 aliphatic carbocycles. The summed E-state index contributed by atoms with van der Waals surface area (Å²) in [4.78, 5) is 0. The average Bonchev–Trinajstić information content (AvgIpc) is 2.10. The summed E-state index contributed by atoms with van der Waals surface area (Å²) in [6.07, 6.45) is 1.37. The van der Waals surface area contributed by atoms with Crippen LogP contribution in [0.5, 0.6) is 0 Å². The molecule has 0 heterocycles. The van der Waals surface area contributed by atoms with E-state index < -0.39 is 11.9 Å². The van der Waals surface area contributed by atoms with Crippen LogP contribution in [-0.2, 0) is 0 Å². The zero-order valence-electron chi connectivity index (χ0n) is 7.00. The smallest absolute Gasteiger partial charge is 0.141 e. The molecule has 0 unspecified atom stereocenters. The van der Waals surface area contributed by atoms with Crippen LogP contribution in [0, 0.1) is 5.82 Å². The normalized spacial score (nSPS) is 12.5. The number of hydrogen-bond donors (Lipinski definition) is 1. The first-order chi connectivity index (χ1) is 6.15. The highest BCUT2D eigenvalue weighted by atomic mass is 35.5. The van der Waals surface area contributed by atoms with Crippen LogP contribution >= 0.6 is 11.6 Å².